The highest BCUT2D eigenvalue weighted by Gasteiger charge is 2.14. The summed E-state index contributed by atoms with van der Waals surface area (Å²) in [4.78, 5) is 3.15. The third-order valence-corrected chi connectivity index (χ3v) is 3.36. The lowest BCUT2D eigenvalue weighted by molar-refractivity contribution is 0.220. The van der Waals surface area contributed by atoms with E-state index in [4.69, 9.17) is 0 Å². The van der Waals surface area contributed by atoms with Crippen molar-refractivity contribution in [3.8, 4) is 0 Å². The first-order chi connectivity index (χ1) is 9.15. The van der Waals surface area contributed by atoms with E-state index >= 15 is 0 Å². The Hall–Kier alpha value is -2.07. The van der Waals surface area contributed by atoms with Gasteiger partial charge in [0, 0.05) is 29.5 Å². The molecule has 98 valence electrons. The summed E-state index contributed by atoms with van der Waals surface area (Å²) in [6.07, 6.45) is 4.90. The Morgan fingerprint density at radius 3 is 2.79 bits per heavy atom. The number of aliphatic hydroxyl groups is 1. The molecule has 1 atom stereocenters. The largest absolute Gasteiger partial charge is 0.384 e. The second-order valence-corrected chi connectivity index (χ2v) is 5.07. The number of hydrogen-bond donors (Lipinski definition) is 2. The average molecular weight is 255 g/mol. The highest BCUT2D eigenvalue weighted by molar-refractivity contribution is 5.80. The van der Waals surface area contributed by atoms with E-state index in [9.17, 15) is 5.11 Å². The van der Waals surface area contributed by atoms with Gasteiger partial charge >= 0.3 is 0 Å². The molecule has 1 unspecified atom stereocenters. The minimum atomic E-state index is -0.633. The van der Waals surface area contributed by atoms with Crippen LogP contribution >= 0.6 is 0 Å². The van der Waals surface area contributed by atoms with Gasteiger partial charge in [-0.2, -0.15) is 5.10 Å². The summed E-state index contributed by atoms with van der Waals surface area (Å²) in [5.41, 5.74) is 2.79. The molecule has 0 aliphatic carbocycles. The van der Waals surface area contributed by atoms with E-state index in [2.05, 4.69) is 23.9 Å². The maximum atomic E-state index is 10.4. The topological polar surface area (TPSA) is 53.8 Å². The van der Waals surface area contributed by atoms with Crippen LogP contribution in [0.15, 0.2) is 42.9 Å². The zero-order chi connectivity index (χ0) is 13.4. The van der Waals surface area contributed by atoms with Crippen molar-refractivity contribution in [2.75, 3.05) is 0 Å². The number of aromatic amines is 1. The van der Waals surface area contributed by atoms with Crippen molar-refractivity contribution in [1.29, 1.82) is 0 Å². The Balaban J connectivity index is 1.95. The number of nitrogens with one attached hydrogen (secondary N) is 1. The fourth-order valence-corrected chi connectivity index (χ4v) is 2.21. The average Bonchev–Trinajstić information content (AvgIpc) is 3.06. The molecule has 0 saturated heterocycles. The predicted molar refractivity (Wildman–Crippen MR) is 75.0 cm³/mol. The fourth-order valence-electron chi connectivity index (χ4n) is 2.21. The minimum Gasteiger partial charge on any atom is -0.384 e. The number of fused-ring (bicyclic) bond motifs is 1. The molecular formula is C15H17N3O. The summed E-state index contributed by atoms with van der Waals surface area (Å²) >= 11 is 0. The van der Waals surface area contributed by atoms with Crippen molar-refractivity contribution in [2.45, 2.75) is 26.0 Å². The van der Waals surface area contributed by atoms with E-state index in [1.165, 1.54) is 0 Å². The van der Waals surface area contributed by atoms with Gasteiger partial charge in [0.1, 0.15) is 6.10 Å². The highest BCUT2D eigenvalue weighted by Crippen LogP contribution is 2.25. The van der Waals surface area contributed by atoms with Crippen LogP contribution in [0, 0.1) is 0 Å². The number of aliphatic hydroxyl groups excluding tert-OH is 1. The van der Waals surface area contributed by atoms with Crippen molar-refractivity contribution in [3.05, 3.63) is 54.0 Å². The molecule has 1 aromatic carbocycles. The van der Waals surface area contributed by atoms with Crippen molar-refractivity contribution in [1.82, 2.24) is 14.8 Å². The molecule has 0 bridgehead atoms. The standard InChI is InChI=1S/C15H17N3O/c1-10(2)18-9-13(8-17-18)15(19)12-3-4-14-11(7-12)5-6-16-14/h3-10,15-16,19H,1-2H3. The zero-order valence-corrected chi connectivity index (χ0v) is 11.0. The molecule has 0 amide bonds. The van der Waals surface area contributed by atoms with Gasteiger partial charge in [0.15, 0.2) is 0 Å². The van der Waals surface area contributed by atoms with Crippen LogP contribution < -0.4 is 0 Å². The van der Waals surface area contributed by atoms with Gasteiger partial charge in [-0.05, 0) is 43.0 Å². The minimum absolute atomic E-state index is 0.299. The van der Waals surface area contributed by atoms with Gasteiger partial charge in [-0.15, -0.1) is 0 Å². The van der Waals surface area contributed by atoms with Gasteiger partial charge < -0.3 is 10.1 Å². The molecule has 3 rings (SSSR count). The summed E-state index contributed by atoms with van der Waals surface area (Å²) < 4.78 is 1.85. The van der Waals surface area contributed by atoms with Crippen LogP contribution in [-0.2, 0) is 0 Å². The number of H-pyrrole nitrogens is 1. The SMILES string of the molecule is CC(C)n1cc(C(O)c2ccc3[nH]ccc3c2)cn1. The second-order valence-electron chi connectivity index (χ2n) is 5.07. The Morgan fingerprint density at radius 1 is 1.21 bits per heavy atom. The summed E-state index contributed by atoms with van der Waals surface area (Å²) in [6, 6.07) is 8.23. The van der Waals surface area contributed by atoms with Crippen LogP contribution in [0.3, 0.4) is 0 Å². The Morgan fingerprint density at radius 2 is 2.05 bits per heavy atom. The maximum absolute atomic E-state index is 10.4. The molecule has 4 heteroatoms. The van der Waals surface area contributed by atoms with E-state index in [0.717, 1.165) is 22.0 Å². The van der Waals surface area contributed by atoms with Crippen molar-refractivity contribution >= 4 is 10.9 Å². The van der Waals surface area contributed by atoms with Crippen molar-refractivity contribution < 1.29 is 5.11 Å². The van der Waals surface area contributed by atoms with Crippen LogP contribution in [0.1, 0.15) is 37.1 Å². The third kappa shape index (κ3) is 2.15. The van der Waals surface area contributed by atoms with Gasteiger partial charge in [0.2, 0.25) is 0 Å². The molecular weight excluding hydrogens is 238 g/mol. The van der Waals surface area contributed by atoms with Crippen LogP contribution in [-0.4, -0.2) is 19.9 Å². The predicted octanol–water partition coefficient (Wildman–Crippen LogP) is 3.03. The summed E-state index contributed by atoms with van der Waals surface area (Å²) in [6.45, 7) is 4.13. The summed E-state index contributed by atoms with van der Waals surface area (Å²) in [7, 11) is 0. The molecule has 0 aliphatic heterocycles. The molecule has 0 spiro atoms. The van der Waals surface area contributed by atoms with Crippen LogP contribution in [0.25, 0.3) is 10.9 Å². The van der Waals surface area contributed by atoms with Gasteiger partial charge in [0.25, 0.3) is 0 Å². The number of rotatable bonds is 3. The molecule has 19 heavy (non-hydrogen) atoms. The van der Waals surface area contributed by atoms with E-state index in [-0.39, 0.29) is 0 Å². The fraction of sp³-hybridized carbons (Fsp3) is 0.267. The Kier molecular flexibility index (Phi) is 2.87. The van der Waals surface area contributed by atoms with Gasteiger partial charge in [-0.3, -0.25) is 4.68 Å². The molecule has 0 aliphatic rings. The van der Waals surface area contributed by atoms with Gasteiger partial charge in [0.05, 0.1) is 6.20 Å². The third-order valence-electron chi connectivity index (χ3n) is 3.36. The molecule has 2 aromatic heterocycles. The molecule has 2 N–H and O–H groups in total. The first kappa shape index (κ1) is 12.0. The Labute approximate surface area is 111 Å². The normalized spacial score (nSPS) is 13.3. The lowest BCUT2D eigenvalue weighted by atomic mass is 10.0. The second kappa shape index (κ2) is 4.55. The zero-order valence-electron chi connectivity index (χ0n) is 11.0. The quantitative estimate of drug-likeness (QED) is 0.755. The molecule has 0 fully saturated rings. The molecule has 0 radical (unpaired) electrons. The smallest absolute Gasteiger partial charge is 0.107 e. The maximum Gasteiger partial charge on any atom is 0.107 e. The highest BCUT2D eigenvalue weighted by atomic mass is 16.3. The van der Waals surface area contributed by atoms with Crippen LogP contribution in [0.5, 0.6) is 0 Å². The number of aromatic nitrogens is 3. The first-order valence-electron chi connectivity index (χ1n) is 6.44. The lowest BCUT2D eigenvalue weighted by Crippen LogP contribution is -2.01. The monoisotopic (exact) mass is 255 g/mol. The summed E-state index contributed by atoms with van der Waals surface area (Å²) in [5.74, 6) is 0. The lowest BCUT2D eigenvalue weighted by Gasteiger charge is -2.09. The number of hydrogen-bond acceptors (Lipinski definition) is 2. The molecule has 0 saturated carbocycles. The van der Waals surface area contributed by atoms with E-state index < -0.39 is 6.10 Å². The van der Waals surface area contributed by atoms with Gasteiger partial charge in [-0.1, -0.05) is 6.07 Å². The van der Waals surface area contributed by atoms with Crippen molar-refractivity contribution in [3.63, 3.8) is 0 Å². The summed E-state index contributed by atoms with van der Waals surface area (Å²) in [5, 5.41) is 15.8. The van der Waals surface area contributed by atoms with E-state index in [1.807, 2.05) is 41.3 Å². The van der Waals surface area contributed by atoms with Crippen LogP contribution in [0.2, 0.25) is 0 Å². The first-order valence-corrected chi connectivity index (χ1v) is 6.44. The van der Waals surface area contributed by atoms with Gasteiger partial charge in [-0.25, -0.2) is 0 Å². The van der Waals surface area contributed by atoms with E-state index in [0.29, 0.717) is 6.04 Å². The molecule has 3 aromatic rings. The molecule has 4 nitrogen and oxygen atoms in total. The van der Waals surface area contributed by atoms with E-state index in [1.54, 1.807) is 6.20 Å². The number of benzene rings is 1. The van der Waals surface area contributed by atoms with Crippen LogP contribution in [0.4, 0.5) is 0 Å². The number of nitrogens with zero attached hydrogens (tertiary/aromatic N) is 2. The van der Waals surface area contributed by atoms with Crippen molar-refractivity contribution in [2.24, 2.45) is 0 Å². The molecule has 2 heterocycles. The Bertz CT molecular complexity index is 696.